The lowest BCUT2D eigenvalue weighted by atomic mass is 9.82. The lowest BCUT2D eigenvalue weighted by Crippen LogP contribution is -2.54. The number of nitrogens with one attached hydrogen (secondary N) is 1. The third kappa shape index (κ3) is 5.31. The fourth-order valence-corrected chi connectivity index (χ4v) is 4.82. The summed E-state index contributed by atoms with van der Waals surface area (Å²) in [4.78, 5) is 27.9. The van der Waals surface area contributed by atoms with Crippen LogP contribution in [-0.2, 0) is 9.53 Å². The third-order valence-corrected chi connectivity index (χ3v) is 5.76. The summed E-state index contributed by atoms with van der Waals surface area (Å²) in [6.45, 7) is 10.2. The van der Waals surface area contributed by atoms with Gasteiger partial charge in [0.2, 0.25) is 11.9 Å². The van der Waals surface area contributed by atoms with Crippen molar-refractivity contribution in [2.24, 2.45) is 0 Å². The molecule has 0 radical (unpaired) electrons. The lowest BCUT2D eigenvalue weighted by molar-refractivity contribution is -0.138. The van der Waals surface area contributed by atoms with Gasteiger partial charge in [-0.05, 0) is 46.2 Å². The minimum atomic E-state index is -0.266. The van der Waals surface area contributed by atoms with E-state index in [0.29, 0.717) is 26.1 Å². The highest BCUT2D eigenvalue weighted by atomic mass is 16.5. The van der Waals surface area contributed by atoms with Gasteiger partial charge in [-0.15, -0.1) is 0 Å². The van der Waals surface area contributed by atoms with Gasteiger partial charge in [0, 0.05) is 42.0 Å². The largest absolute Gasteiger partial charge is 0.368 e. The molecule has 1 saturated heterocycles. The molecule has 2 aromatic heterocycles. The first kappa shape index (κ1) is 22.4. The van der Waals surface area contributed by atoms with Crippen molar-refractivity contribution >= 4 is 11.9 Å². The molecule has 32 heavy (non-hydrogen) atoms. The third-order valence-electron chi connectivity index (χ3n) is 5.76. The Morgan fingerprint density at radius 2 is 2.00 bits per heavy atom. The van der Waals surface area contributed by atoms with Gasteiger partial charge in [0.1, 0.15) is 6.10 Å². The Morgan fingerprint density at radius 1 is 1.25 bits per heavy atom. The second-order valence-electron chi connectivity index (χ2n) is 9.86. The molecule has 0 aromatic carbocycles. The molecule has 4 rings (SSSR count). The second-order valence-corrected chi connectivity index (χ2v) is 9.86. The minimum Gasteiger partial charge on any atom is -0.368 e. The number of hydrogen-bond donors (Lipinski definition) is 2. The van der Waals surface area contributed by atoms with Crippen LogP contribution in [0.3, 0.4) is 0 Å². The van der Waals surface area contributed by atoms with Crippen molar-refractivity contribution in [3.8, 4) is 11.3 Å². The van der Waals surface area contributed by atoms with Crippen LogP contribution in [0.4, 0.5) is 5.95 Å². The van der Waals surface area contributed by atoms with Gasteiger partial charge in [0.25, 0.3) is 0 Å². The van der Waals surface area contributed by atoms with Crippen LogP contribution in [0.2, 0.25) is 0 Å². The van der Waals surface area contributed by atoms with Crippen LogP contribution in [0.5, 0.6) is 0 Å². The SMILES string of the molecule is CC1(C)C=C(CC(=O)N2CCOC(c3cccc(-c4cnc(N)nc4)n3)C2)CC(C)(C)N1. The Balaban J connectivity index is 1.46. The van der Waals surface area contributed by atoms with E-state index in [2.05, 4.69) is 49.1 Å². The molecule has 0 spiro atoms. The number of ether oxygens (including phenoxy) is 1. The molecule has 1 fully saturated rings. The minimum absolute atomic E-state index is 0.0302. The first-order valence-corrected chi connectivity index (χ1v) is 11.0. The number of carbonyl (C=O) groups is 1. The number of amides is 1. The van der Waals surface area contributed by atoms with Crippen LogP contribution >= 0.6 is 0 Å². The summed E-state index contributed by atoms with van der Waals surface area (Å²) in [5.41, 5.74) is 8.95. The number of anilines is 1. The number of nitrogens with zero attached hydrogens (tertiary/aromatic N) is 4. The molecule has 1 atom stereocenters. The number of pyridine rings is 1. The number of hydrogen-bond acceptors (Lipinski definition) is 7. The Hall–Kier alpha value is -2.84. The maximum atomic E-state index is 13.1. The van der Waals surface area contributed by atoms with Crippen molar-refractivity contribution in [1.82, 2.24) is 25.2 Å². The van der Waals surface area contributed by atoms with E-state index in [0.717, 1.165) is 23.4 Å². The zero-order chi connectivity index (χ0) is 22.9. The van der Waals surface area contributed by atoms with Gasteiger partial charge < -0.3 is 20.7 Å². The maximum absolute atomic E-state index is 13.1. The van der Waals surface area contributed by atoms with E-state index in [1.165, 1.54) is 5.57 Å². The van der Waals surface area contributed by atoms with Crippen molar-refractivity contribution in [3.63, 3.8) is 0 Å². The Kier molecular flexibility index (Phi) is 6.01. The Morgan fingerprint density at radius 3 is 2.72 bits per heavy atom. The van der Waals surface area contributed by atoms with Gasteiger partial charge in [0.05, 0.1) is 24.5 Å². The summed E-state index contributed by atoms with van der Waals surface area (Å²) in [6.07, 6.45) is 6.55. The van der Waals surface area contributed by atoms with Crippen LogP contribution < -0.4 is 11.1 Å². The van der Waals surface area contributed by atoms with Gasteiger partial charge in [0.15, 0.2) is 0 Å². The van der Waals surface area contributed by atoms with Crippen molar-refractivity contribution in [3.05, 3.63) is 47.9 Å². The molecule has 8 nitrogen and oxygen atoms in total. The Bertz CT molecular complexity index is 1020. The predicted molar refractivity (Wildman–Crippen MR) is 124 cm³/mol. The highest BCUT2D eigenvalue weighted by Crippen LogP contribution is 2.30. The van der Waals surface area contributed by atoms with Crippen LogP contribution in [0.15, 0.2) is 42.2 Å². The summed E-state index contributed by atoms with van der Waals surface area (Å²) in [5, 5.41) is 3.62. The zero-order valence-electron chi connectivity index (χ0n) is 19.3. The molecule has 8 heteroatoms. The summed E-state index contributed by atoms with van der Waals surface area (Å²) in [6, 6.07) is 5.76. The number of aromatic nitrogens is 3. The van der Waals surface area contributed by atoms with Gasteiger partial charge in [-0.3, -0.25) is 4.79 Å². The van der Waals surface area contributed by atoms with Crippen molar-refractivity contribution < 1.29 is 9.53 Å². The average Bonchev–Trinajstić information content (AvgIpc) is 2.72. The fraction of sp³-hybridized carbons (Fsp3) is 0.500. The summed E-state index contributed by atoms with van der Waals surface area (Å²) in [7, 11) is 0. The molecule has 2 aromatic rings. The summed E-state index contributed by atoms with van der Waals surface area (Å²) < 4.78 is 5.98. The molecule has 4 heterocycles. The second kappa shape index (κ2) is 8.60. The summed E-state index contributed by atoms with van der Waals surface area (Å²) >= 11 is 0. The lowest BCUT2D eigenvalue weighted by Gasteiger charge is -2.41. The molecule has 2 aliphatic heterocycles. The van der Waals surface area contributed by atoms with Crippen molar-refractivity contribution in [2.45, 2.75) is 57.7 Å². The molecule has 3 N–H and O–H groups in total. The van der Waals surface area contributed by atoms with E-state index < -0.39 is 0 Å². The molecule has 1 amide bonds. The van der Waals surface area contributed by atoms with Crippen molar-refractivity contribution in [1.29, 1.82) is 0 Å². The van der Waals surface area contributed by atoms with Gasteiger partial charge >= 0.3 is 0 Å². The molecule has 0 bridgehead atoms. The molecule has 2 aliphatic rings. The number of nitrogen functional groups attached to an aromatic ring is 1. The van der Waals surface area contributed by atoms with Crippen LogP contribution in [0.25, 0.3) is 11.3 Å². The standard InChI is InChI=1S/C24H32N6O2/c1-23(2)11-16(12-24(3,4)29-23)10-21(31)30-8-9-32-20(15-30)19-7-5-6-18(28-19)17-13-26-22(25)27-14-17/h5-7,11,13-14,20,29H,8-10,12,15H2,1-4H3,(H2,25,26,27). The van der Waals surface area contributed by atoms with E-state index in [1.807, 2.05) is 23.1 Å². The van der Waals surface area contributed by atoms with Gasteiger partial charge in [-0.1, -0.05) is 17.7 Å². The van der Waals surface area contributed by atoms with Crippen molar-refractivity contribution in [2.75, 3.05) is 25.4 Å². The average molecular weight is 437 g/mol. The molecular formula is C24H32N6O2. The predicted octanol–water partition coefficient (Wildman–Crippen LogP) is 2.89. The van der Waals surface area contributed by atoms with Crippen LogP contribution in [0, 0.1) is 0 Å². The van der Waals surface area contributed by atoms with E-state index in [4.69, 9.17) is 15.5 Å². The smallest absolute Gasteiger partial charge is 0.226 e. The van der Waals surface area contributed by atoms with E-state index in [1.54, 1.807) is 12.4 Å². The number of rotatable bonds is 4. The highest BCUT2D eigenvalue weighted by Gasteiger charge is 2.34. The van der Waals surface area contributed by atoms with Gasteiger partial charge in [-0.25, -0.2) is 15.0 Å². The zero-order valence-corrected chi connectivity index (χ0v) is 19.3. The quantitative estimate of drug-likeness (QED) is 0.710. The molecule has 0 aliphatic carbocycles. The number of carbonyl (C=O) groups excluding carboxylic acids is 1. The Labute approximate surface area is 189 Å². The first-order chi connectivity index (χ1) is 15.1. The van der Waals surface area contributed by atoms with Crippen LogP contribution in [0.1, 0.15) is 52.3 Å². The fourth-order valence-electron chi connectivity index (χ4n) is 4.82. The first-order valence-electron chi connectivity index (χ1n) is 11.0. The number of nitrogens with two attached hydrogens (primary N) is 1. The normalized spacial score (nSPS) is 22.3. The van der Waals surface area contributed by atoms with Gasteiger partial charge in [-0.2, -0.15) is 0 Å². The molecular weight excluding hydrogens is 404 g/mol. The summed E-state index contributed by atoms with van der Waals surface area (Å²) in [5.74, 6) is 0.367. The number of morpholine rings is 1. The molecule has 1 unspecified atom stereocenters. The van der Waals surface area contributed by atoms with Crippen LogP contribution in [-0.4, -0.2) is 56.5 Å². The monoisotopic (exact) mass is 436 g/mol. The highest BCUT2D eigenvalue weighted by molar-refractivity contribution is 5.79. The maximum Gasteiger partial charge on any atom is 0.226 e. The molecule has 0 saturated carbocycles. The molecule has 170 valence electrons. The van der Waals surface area contributed by atoms with E-state index >= 15 is 0 Å². The topological polar surface area (TPSA) is 106 Å². The van der Waals surface area contributed by atoms with E-state index in [-0.39, 0.29) is 29.0 Å². The van der Waals surface area contributed by atoms with E-state index in [9.17, 15) is 4.79 Å².